The van der Waals surface area contributed by atoms with E-state index in [9.17, 15) is 4.39 Å². The van der Waals surface area contributed by atoms with E-state index in [2.05, 4.69) is 25.5 Å². The molecule has 8 heteroatoms. The number of fused-ring (bicyclic) bond motifs is 1. The van der Waals surface area contributed by atoms with Gasteiger partial charge in [-0.15, -0.1) is 10.2 Å². The van der Waals surface area contributed by atoms with Gasteiger partial charge in [0.25, 0.3) is 0 Å². The van der Waals surface area contributed by atoms with E-state index in [-0.39, 0.29) is 11.8 Å². The molecule has 0 fully saturated rings. The number of anilines is 1. The zero-order chi connectivity index (χ0) is 20.4. The van der Waals surface area contributed by atoms with Crippen molar-refractivity contribution in [3.63, 3.8) is 0 Å². The van der Waals surface area contributed by atoms with Gasteiger partial charge < -0.3 is 10.1 Å². The Morgan fingerprint density at radius 1 is 1.14 bits per heavy atom. The second kappa shape index (κ2) is 7.83. The smallest absolute Gasteiger partial charge is 0.223 e. The SMILES string of the molecule is COc1ccc(Cc2nnc3cc(-c4ccnc(NC(C)C)n4)ccn23)cc1F. The summed E-state index contributed by atoms with van der Waals surface area (Å²) in [7, 11) is 1.45. The molecule has 3 aromatic heterocycles. The van der Waals surface area contributed by atoms with E-state index >= 15 is 0 Å². The Bertz CT molecular complexity index is 1160. The Balaban J connectivity index is 1.62. The van der Waals surface area contributed by atoms with Crippen molar-refractivity contribution in [3.8, 4) is 17.0 Å². The van der Waals surface area contributed by atoms with Gasteiger partial charge in [0.15, 0.2) is 17.2 Å². The molecule has 0 saturated carbocycles. The van der Waals surface area contributed by atoms with Crippen LogP contribution in [0, 0.1) is 5.82 Å². The van der Waals surface area contributed by atoms with E-state index in [0.717, 1.165) is 22.6 Å². The third-order valence-corrected chi connectivity index (χ3v) is 4.43. The average Bonchev–Trinajstić information content (AvgIpc) is 3.10. The lowest BCUT2D eigenvalue weighted by Gasteiger charge is -2.09. The summed E-state index contributed by atoms with van der Waals surface area (Å²) >= 11 is 0. The van der Waals surface area contributed by atoms with Crippen LogP contribution in [0.5, 0.6) is 5.75 Å². The highest BCUT2D eigenvalue weighted by Crippen LogP contribution is 2.22. The monoisotopic (exact) mass is 392 g/mol. The predicted octanol–water partition coefficient (Wildman–Crippen LogP) is 3.75. The minimum atomic E-state index is -0.393. The molecule has 0 bridgehead atoms. The molecular weight excluding hydrogens is 371 g/mol. The molecule has 7 nitrogen and oxygen atoms in total. The molecule has 29 heavy (non-hydrogen) atoms. The second-order valence-corrected chi connectivity index (χ2v) is 6.97. The van der Waals surface area contributed by atoms with Crippen molar-refractivity contribution >= 4 is 11.6 Å². The molecule has 0 saturated heterocycles. The number of rotatable bonds is 6. The van der Waals surface area contributed by atoms with Crippen molar-refractivity contribution < 1.29 is 9.13 Å². The number of benzene rings is 1. The molecule has 1 aromatic carbocycles. The Kier molecular flexibility index (Phi) is 5.07. The van der Waals surface area contributed by atoms with Crippen molar-refractivity contribution in [3.05, 3.63) is 66.0 Å². The summed E-state index contributed by atoms with van der Waals surface area (Å²) in [5.74, 6) is 1.14. The van der Waals surface area contributed by atoms with Crippen LogP contribution in [-0.2, 0) is 6.42 Å². The number of nitrogens with one attached hydrogen (secondary N) is 1. The molecule has 0 atom stereocenters. The fourth-order valence-corrected chi connectivity index (χ4v) is 3.07. The Hall–Kier alpha value is -3.55. The molecular formula is C21H21FN6O. The number of hydrogen-bond donors (Lipinski definition) is 1. The van der Waals surface area contributed by atoms with Gasteiger partial charge in [-0.2, -0.15) is 0 Å². The predicted molar refractivity (Wildman–Crippen MR) is 109 cm³/mol. The first kappa shape index (κ1) is 18.8. The fourth-order valence-electron chi connectivity index (χ4n) is 3.07. The lowest BCUT2D eigenvalue weighted by molar-refractivity contribution is 0.386. The molecule has 4 aromatic rings. The molecule has 0 aliphatic carbocycles. The zero-order valence-corrected chi connectivity index (χ0v) is 16.4. The van der Waals surface area contributed by atoms with Crippen LogP contribution < -0.4 is 10.1 Å². The maximum atomic E-state index is 14.0. The Morgan fingerprint density at radius 2 is 2.00 bits per heavy atom. The highest BCUT2D eigenvalue weighted by molar-refractivity contribution is 5.64. The minimum Gasteiger partial charge on any atom is -0.494 e. The molecule has 3 heterocycles. The third-order valence-electron chi connectivity index (χ3n) is 4.43. The van der Waals surface area contributed by atoms with E-state index in [0.29, 0.717) is 18.0 Å². The summed E-state index contributed by atoms with van der Waals surface area (Å²) < 4.78 is 20.8. The summed E-state index contributed by atoms with van der Waals surface area (Å²) in [6.45, 7) is 4.07. The number of methoxy groups -OCH3 is 1. The van der Waals surface area contributed by atoms with Gasteiger partial charge in [0.2, 0.25) is 5.95 Å². The molecule has 0 amide bonds. The fraction of sp³-hybridized carbons (Fsp3) is 0.238. The van der Waals surface area contributed by atoms with E-state index in [1.165, 1.54) is 13.2 Å². The summed E-state index contributed by atoms with van der Waals surface area (Å²) in [5.41, 5.74) is 3.21. The molecule has 0 aliphatic rings. The number of nitrogens with zero attached hydrogens (tertiary/aromatic N) is 5. The Morgan fingerprint density at radius 3 is 2.76 bits per heavy atom. The molecule has 148 valence electrons. The van der Waals surface area contributed by atoms with Crippen LogP contribution in [0.1, 0.15) is 25.2 Å². The number of pyridine rings is 1. The van der Waals surface area contributed by atoms with Gasteiger partial charge in [-0.3, -0.25) is 4.40 Å². The number of aromatic nitrogens is 5. The van der Waals surface area contributed by atoms with Crippen LogP contribution in [0.2, 0.25) is 0 Å². The standard InChI is InChI=1S/C21H21FN6O/c1-13(2)24-21-23-8-6-17(25-21)15-7-9-28-19(26-27-20(28)12-15)11-14-4-5-18(29-3)16(22)10-14/h4-10,12-13H,11H2,1-3H3,(H,23,24,25). The van der Waals surface area contributed by atoms with Crippen molar-refractivity contribution in [2.45, 2.75) is 26.3 Å². The molecule has 0 unspecified atom stereocenters. The molecule has 0 radical (unpaired) electrons. The van der Waals surface area contributed by atoms with Crippen molar-refractivity contribution in [2.75, 3.05) is 12.4 Å². The normalized spacial score (nSPS) is 11.2. The topological polar surface area (TPSA) is 77.2 Å². The Labute approximate surface area is 167 Å². The van der Waals surface area contributed by atoms with Gasteiger partial charge in [0.1, 0.15) is 5.82 Å². The highest BCUT2D eigenvalue weighted by atomic mass is 19.1. The van der Waals surface area contributed by atoms with Crippen LogP contribution in [0.15, 0.2) is 48.8 Å². The molecule has 0 aliphatic heterocycles. The maximum Gasteiger partial charge on any atom is 0.223 e. The molecule has 1 N–H and O–H groups in total. The first-order valence-electron chi connectivity index (χ1n) is 9.29. The summed E-state index contributed by atoms with van der Waals surface area (Å²) in [5, 5.41) is 11.7. The minimum absolute atomic E-state index is 0.223. The van der Waals surface area contributed by atoms with E-state index in [1.807, 2.05) is 48.7 Å². The van der Waals surface area contributed by atoms with Crippen LogP contribution >= 0.6 is 0 Å². The lowest BCUT2D eigenvalue weighted by atomic mass is 10.1. The number of hydrogen-bond acceptors (Lipinski definition) is 6. The third kappa shape index (κ3) is 4.01. The highest BCUT2D eigenvalue weighted by Gasteiger charge is 2.11. The number of ether oxygens (including phenoxy) is 1. The van der Waals surface area contributed by atoms with Crippen molar-refractivity contribution in [2.24, 2.45) is 0 Å². The average molecular weight is 392 g/mol. The van der Waals surface area contributed by atoms with E-state index in [1.54, 1.807) is 12.3 Å². The quantitative estimate of drug-likeness (QED) is 0.539. The lowest BCUT2D eigenvalue weighted by Crippen LogP contribution is -2.12. The first-order chi connectivity index (χ1) is 14.0. The van der Waals surface area contributed by atoms with Crippen LogP contribution in [0.4, 0.5) is 10.3 Å². The van der Waals surface area contributed by atoms with Crippen molar-refractivity contribution in [1.29, 1.82) is 0 Å². The van der Waals surface area contributed by atoms with E-state index in [4.69, 9.17) is 4.74 Å². The first-order valence-corrected chi connectivity index (χ1v) is 9.29. The summed E-state index contributed by atoms with van der Waals surface area (Å²) in [6.07, 6.45) is 4.08. The van der Waals surface area contributed by atoms with Crippen LogP contribution in [0.25, 0.3) is 16.9 Å². The second-order valence-electron chi connectivity index (χ2n) is 6.97. The van der Waals surface area contributed by atoms with Crippen molar-refractivity contribution in [1.82, 2.24) is 24.6 Å². The summed E-state index contributed by atoms with van der Waals surface area (Å²) in [4.78, 5) is 8.80. The van der Waals surface area contributed by atoms with Crippen LogP contribution in [0.3, 0.4) is 0 Å². The zero-order valence-electron chi connectivity index (χ0n) is 16.4. The van der Waals surface area contributed by atoms with Gasteiger partial charge in [-0.05, 0) is 49.7 Å². The van der Waals surface area contributed by atoms with Gasteiger partial charge in [-0.1, -0.05) is 6.07 Å². The largest absolute Gasteiger partial charge is 0.494 e. The van der Waals surface area contributed by atoms with Gasteiger partial charge in [0.05, 0.1) is 12.8 Å². The van der Waals surface area contributed by atoms with Gasteiger partial charge in [-0.25, -0.2) is 14.4 Å². The van der Waals surface area contributed by atoms with Gasteiger partial charge >= 0.3 is 0 Å². The maximum absolute atomic E-state index is 14.0. The molecule has 4 rings (SSSR count). The summed E-state index contributed by atoms with van der Waals surface area (Å²) in [6, 6.07) is 10.9. The number of halogens is 1. The van der Waals surface area contributed by atoms with Crippen LogP contribution in [-0.4, -0.2) is 37.7 Å². The van der Waals surface area contributed by atoms with Gasteiger partial charge in [0, 0.05) is 30.4 Å². The van der Waals surface area contributed by atoms with E-state index < -0.39 is 5.82 Å². The molecule has 0 spiro atoms.